The molecule has 51 heavy (non-hydrogen) atoms. The summed E-state index contributed by atoms with van der Waals surface area (Å²) in [4.78, 5) is 1.77. The van der Waals surface area contributed by atoms with Gasteiger partial charge in [0, 0.05) is 31.9 Å². The average Bonchev–Trinajstić information content (AvgIpc) is 2.95. The van der Waals surface area contributed by atoms with Crippen LogP contribution in [-0.2, 0) is 32.1 Å². The second-order valence-corrected chi connectivity index (χ2v) is 16.9. The van der Waals surface area contributed by atoms with Crippen LogP contribution in [0.5, 0.6) is 0 Å². The van der Waals surface area contributed by atoms with Crippen molar-refractivity contribution in [1.29, 1.82) is 0 Å². The van der Waals surface area contributed by atoms with Crippen LogP contribution in [0.1, 0.15) is 31.9 Å². The Kier molecular flexibility index (Phi) is 15.8. The topological polar surface area (TPSA) is 3.24 Å². The first-order valence-corrected chi connectivity index (χ1v) is 17.0. The van der Waals surface area contributed by atoms with Gasteiger partial charge in [-0.25, -0.2) is 0 Å². The van der Waals surface area contributed by atoms with Gasteiger partial charge in [-0.3, -0.25) is 0 Å². The molecule has 1 radical (unpaired) electrons. The van der Waals surface area contributed by atoms with E-state index in [1.165, 1.54) is 18.2 Å². The molecule has 0 spiro atoms. The van der Waals surface area contributed by atoms with E-state index in [-0.39, 0.29) is 35.6 Å². The molecule has 1 atom stereocenters. The summed E-state index contributed by atoms with van der Waals surface area (Å²) in [7, 11) is -0.301. The monoisotopic (exact) mass is 877 g/mol. The predicted octanol–water partition coefficient (Wildman–Crippen LogP) is 10.6. The molecular formula is C26H28F21NSSiZn-. The second kappa shape index (κ2) is 15.5. The molecule has 1 aromatic carbocycles. The van der Waals surface area contributed by atoms with Crippen molar-refractivity contribution in [3.63, 3.8) is 0 Å². The zero-order chi connectivity index (χ0) is 40.9. The number of halogens is 21. The maximum atomic E-state index is 14.5. The van der Waals surface area contributed by atoms with E-state index >= 15 is 0 Å². The Labute approximate surface area is 296 Å². The molecule has 0 aliphatic rings. The number of benzene rings is 1. The number of alkyl halides is 21. The first-order valence-electron chi connectivity index (χ1n) is 13.3. The molecule has 1 aromatic rings. The fraction of sp³-hybridized carbons (Fsp3) is 0.731. The Hall–Kier alpha value is -1.23. The van der Waals surface area contributed by atoms with Crippen LogP contribution in [0, 0.1) is 6.92 Å². The molecule has 0 heterocycles. The quantitative estimate of drug-likeness (QED) is 0.104. The molecule has 1 nitrogen and oxygen atoms in total. The molecule has 0 aliphatic heterocycles. The molecule has 0 fully saturated rings. The summed E-state index contributed by atoms with van der Waals surface area (Å²) in [5, 5.41) is 0.0726. The Balaban J connectivity index is 0. The zero-order valence-electron chi connectivity index (χ0n) is 26.9. The van der Waals surface area contributed by atoms with Crippen LogP contribution in [0.2, 0.25) is 19.1 Å². The third-order valence-electron chi connectivity index (χ3n) is 7.66. The van der Waals surface area contributed by atoms with Gasteiger partial charge in [0.25, 0.3) is 0 Å². The zero-order valence-corrected chi connectivity index (χ0v) is 31.7. The van der Waals surface area contributed by atoms with Crippen LogP contribution in [0.25, 0.3) is 0 Å². The minimum atomic E-state index is -9.18. The van der Waals surface area contributed by atoms with Gasteiger partial charge < -0.3 is 17.5 Å². The van der Waals surface area contributed by atoms with Gasteiger partial charge >= 0.3 is 59.5 Å². The molecule has 25 heteroatoms. The number of hydrogen-bond donors (Lipinski definition) is 0. The molecule has 0 saturated heterocycles. The Bertz CT molecular complexity index is 1310. The minimum Gasteiger partial charge on any atom is -0.779 e. The summed E-state index contributed by atoms with van der Waals surface area (Å²) in [6.07, 6.45) is -10.6. The largest absolute Gasteiger partial charge is 0.779 e. The van der Waals surface area contributed by atoms with E-state index in [0.717, 1.165) is 13.1 Å². The van der Waals surface area contributed by atoms with E-state index in [4.69, 9.17) is 12.6 Å². The van der Waals surface area contributed by atoms with Crippen molar-refractivity contribution in [3.8, 4) is 0 Å². The average molecular weight is 879 g/mol. The fourth-order valence-corrected chi connectivity index (χ4v) is 6.71. The van der Waals surface area contributed by atoms with Crippen molar-refractivity contribution in [2.24, 2.45) is 0 Å². The van der Waals surface area contributed by atoms with Crippen LogP contribution < -0.4 is 5.19 Å². The van der Waals surface area contributed by atoms with E-state index in [1.54, 1.807) is 32.8 Å². The molecular weight excluding hydrogens is 851 g/mol. The van der Waals surface area contributed by atoms with Crippen molar-refractivity contribution >= 4 is 25.9 Å². The summed E-state index contributed by atoms with van der Waals surface area (Å²) in [5.74, 6) is -76.8. The molecule has 0 N–H and O–H groups in total. The van der Waals surface area contributed by atoms with Crippen LogP contribution in [0.3, 0.4) is 0 Å². The van der Waals surface area contributed by atoms with E-state index < -0.39 is 80.0 Å². The maximum Gasteiger partial charge on any atom is 0.460 e. The predicted molar refractivity (Wildman–Crippen MR) is 142 cm³/mol. The number of rotatable bonds is 14. The molecule has 0 unspecified atom stereocenters. The van der Waals surface area contributed by atoms with Gasteiger partial charge in [-0.05, 0) is 27.1 Å². The van der Waals surface area contributed by atoms with E-state index in [0.29, 0.717) is 5.56 Å². The third kappa shape index (κ3) is 8.24. The van der Waals surface area contributed by atoms with Crippen molar-refractivity contribution in [2.75, 3.05) is 14.1 Å². The van der Waals surface area contributed by atoms with Gasteiger partial charge in [0.1, 0.15) is 0 Å². The standard InChI is InChI=1S/C24H24F21NSSi.C2H5.Zn/c1-11(46(2)3)13-7-6-12(10-14(13)47)48(4,5)9-8-15(25,26)16(27,28)17(29,30)18(31,32)19(33,34)20(35,36)21(37,38)22(39,40)23(41,42)24(43,44)45;1-2;/h6-7,10-11,47H,8-9H2,1-5H3;1H2,2H3;/p-1/t11-;;/m1../s1. The summed E-state index contributed by atoms with van der Waals surface area (Å²) in [5.41, 5.74) is 0.491. The van der Waals surface area contributed by atoms with Crippen molar-refractivity contribution in [2.45, 2.75) is 110 Å². The fourth-order valence-electron chi connectivity index (χ4n) is 3.94. The van der Waals surface area contributed by atoms with E-state index in [1.807, 2.05) is 0 Å². The third-order valence-corrected chi connectivity index (χ3v) is 11.4. The van der Waals surface area contributed by atoms with Gasteiger partial charge in [-0.1, -0.05) is 55.9 Å². The summed E-state index contributed by atoms with van der Waals surface area (Å²) in [6.45, 7) is 8.93. The second-order valence-electron chi connectivity index (χ2n) is 11.6. The van der Waals surface area contributed by atoms with Gasteiger partial charge in [0.2, 0.25) is 0 Å². The van der Waals surface area contributed by atoms with E-state index in [9.17, 15) is 92.2 Å². The molecule has 0 aliphatic carbocycles. The molecule has 297 valence electrons. The molecule has 0 saturated carbocycles. The van der Waals surface area contributed by atoms with Gasteiger partial charge in [-0.2, -0.15) is 97.1 Å². The van der Waals surface area contributed by atoms with Crippen molar-refractivity contribution in [1.82, 2.24) is 4.90 Å². The minimum absolute atomic E-state index is 0. The van der Waals surface area contributed by atoms with Crippen molar-refractivity contribution < 1.29 is 112 Å². The van der Waals surface area contributed by atoms with Gasteiger partial charge in [-0.15, -0.1) is 0 Å². The summed E-state index contributed by atoms with van der Waals surface area (Å²) < 4.78 is 286. The smallest absolute Gasteiger partial charge is 0.460 e. The van der Waals surface area contributed by atoms with Crippen molar-refractivity contribution in [3.05, 3.63) is 30.7 Å². The summed E-state index contributed by atoms with van der Waals surface area (Å²) >= 11 is 5.18. The van der Waals surface area contributed by atoms with Gasteiger partial charge in [0.05, 0.1) is 8.07 Å². The van der Waals surface area contributed by atoms with Crippen LogP contribution >= 0.6 is 0 Å². The summed E-state index contributed by atoms with van der Waals surface area (Å²) in [6, 6.07) is 2.22. The SMILES string of the molecule is C[C@H](c1ccc([Si](C)(C)CCC(F)(F)C(F)(F)C(F)(F)C(F)(F)C(F)(F)C(F)(F)C(F)(F)C(F)(F)C(F)(F)C(F)(F)F)cc1[S-])N(C)C.[CH2]C.[Zn]. The molecule has 0 bridgehead atoms. The first-order chi connectivity index (χ1) is 21.7. The molecule has 0 amide bonds. The first kappa shape index (κ1) is 51.9. The maximum absolute atomic E-state index is 14.5. The van der Waals surface area contributed by atoms with Crippen LogP contribution in [0.4, 0.5) is 92.2 Å². The van der Waals surface area contributed by atoms with Crippen LogP contribution in [0.15, 0.2) is 23.1 Å². The molecule has 0 aromatic heterocycles. The Morgan fingerprint density at radius 1 is 0.608 bits per heavy atom. The van der Waals surface area contributed by atoms with Gasteiger partial charge in [0.15, 0.2) is 0 Å². The normalized spacial score (nSPS) is 15.6. The Morgan fingerprint density at radius 2 is 0.922 bits per heavy atom. The number of nitrogens with zero attached hydrogens (tertiary/aromatic N) is 1. The number of hydrogen-bond acceptors (Lipinski definition) is 2. The van der Waals surface area contributed by atoms with Crippen LogP contribution in [-0.4, -0.2) is 86.5 Å². The molecule has 1 rings (SSSR count). The van der Waals surface area contributed by atoms with E-state index in [2.05, 4.69) is 6.92 Å². The Morgan fingerprint density at radius 3 is 1.22 bits per heavy atom.